The SMILES string of the molecule is COc1ccc(CCNC(C)=O)cc1OC.Cl. The molecular formula is C12H18ClNO3. The Bertz CT molecular complexity index is 369. The molecule has 4 nitrogen and oxygen atoms in total. The highest BCUT2D eigenvalue weighted by Gasteiger charge is 2.04. The average molecular weight is 260 g/mol. The quantitative estimate of drug-likeness (QED) is 0.877. The van der Waals surface area contributed by atoms with Gasteiger partial charge in [0.05, 0.1) is 14.2 Å². The standard InChI is InChI=1S/C12H17NO3.ClH/c1-9(14)13-7-6-10-4-5-11(15-2)12(8-10)16-3;/h4-5,8H,6-7H2,1-3H3,(H,13,14);1H. The molecule has 0 aliphatic heterocycles. The Balaban J connectivity index is 0.00000256. The Labute approximate surface area is 108 Å². The third kappa shape index (κ3) is 4.95. The van der Waals surface area contributed by atoms with Crippen LogP contribution < -0.4 is 14.8 Å². The maximum absolute atomic E-state index is 10.7. The smallest absolute Gasteiger partial charge is 0.216 e. The maximum atomic E-state index is 10.7. The van der Waals surface area contributed by atoms with Gasteiger partial charge in [-0.2, -0.15) is 0 Å². The summed E-state index contributed by atoms with van der Waals surface area (Å²) in [5.74, 6) is 1.41. The van der Waals surface area contributed by atoms with Gasteiger partial charge >= 0.3 is 0 Å². The van der Waals surface area contributed by atoms with Gasteiger partial charge in [0.1, 0.15) is 0 Å². The number of carbonyl (C=O) groups excluding carboxylic acids is 1. The predicted octanol–water partition coefficient (Wildman–Crippen LogP) is 1.80. The van der Waals surface area contributed by atoms with E-state index in [2.05, 4.69) is 5.32 Å². The molecule has 17 heavy (non-hydrogen) atoms. The first-order valence-electron chi connectivity index (χ1n) is 5.12. The van der Waals surface area contributed by atoms with Crippen molar-refractivity contribution in [3.8, 4) is 11.5 Å². The molecule has 0 aliphatic carbocycles. The van der Waals surface area contributed by atoms with E-state index in [9.17, 15) is 4.79 Å². The van der Waals surface area contributed by atoms with Gasteiger partial charge in [-0.3, -0.25) is 4.79 Å². The highest BCUT2D eigenvalue weighted by Crippen LogP contribution is 2.27. The van der Waals surface area contributed by atoms with E-state index >= 15 is 0 Å². The normalized spacial score (nSPS) is 9.12. The fraction of sp³-hybridized carbons (Fsp3) is 0.417. The first kappa shape index (κ1) is 15.6. The summed E-state index contributed by atoms with van der Waals surface area (Å²) in [7, 11) is 3.21. The Hall–Kier alpha value is -1.42. The number of amides is 1. The van der Waals surface area contributed by atoms with Gasteiger partial charge in [0.2, 0.25) is 5.91 Å². The van der Waals surface area contributed by atoms with Crippen molar-refractivity contribution in [1.82, 2.24) is 5.32 Å². The van der Waals surface area contributed by atoms with Gasteiger partial charge in [0.25, 0.3) is 0 Å². The number of ether oxygens (including phenoxy) is 2. The van der Waals surface area contributed by atoms with Crippen molar-refractivity contribution < 1.29 is 14.3 Å². The molecule has 0 unspecified atom stereocenters. The Kier molecular flexibility index (Phi) is 7.14. The maximum Gasteiger partial charge on any atom is 0.216 e. The predicted molar refractivity (Wildman–Crippen MR) is 69.2 cm³/mol. The summed E-state index contributed by atoms with van der Waals surface area (Å²) in [6.45, 7) is 2.14. The summed E-state index contributed by atoms with van der Waals surface area (Å²) in [6, 6.07) is 5.74. The number of benzene rings is 1. The van der Waals surface area contributed by atoms with Gasteiger partial charge in [-0.25, -0.2) is 0 Å². The van der Waals surface area contributed by atoms with Gasteiger partial charge in [-0.1, -0.05) is 6.07 Å². The van der Waals surface area contributed by atoms with Crippen molar-refractivity contribution in [1.29, 1.82) is 0 Å². The molecule has 1 aromatic carbocycles. The van der Waals surface area contributed by atoms with Crippen LogP contribution in [0, 0.1) is 0 Å². The molecule has 1 amide bonds. The molecule has 0 bridgehead atoms. The van der Waals surface area contributed by atoms with Crippen LogP contribution in [0.2, 0.25) is 0 Å². The summed E-state index contributed by atoms with van der Waals surface area (Å²) >= 11 is 0. The molecule has 1 N–H and O–H groups in total. The van der Waals surface area contributed by atoms with E-state index in [1.807, 2.05) is 18.2 Å². The molecule has 0 heterocycles. The number of hydrogen-bond donors (Lipinski definition) is 1. The molecule has 1 rings (SSSR count). The van der Waals surface area contributed by atoms with Crippen molar-refractivity contribution in [2.75, 3.05) is 20.8 Å². The van der Waals surface area contributed by atoms with Crippen molar-refractivity contribution in [3.05, 3.63) is 23.8 Å². The third-order valence-corrected chi connectivity index (χ3v) is 2.24. The average Bonchev–Trinajstić information content (AvgIpc) is 2.28. The summed E-state index contributed by atoms with van der Waals surface area (Å²) in [4.78, 5) is 10.7. The summed E-state index contributed by atoms with van der Waals surface area (Å²) in [5, 5.41) is 2.75. The van der Waals surface area contributed by atoms with Gasteiger partial charge in [-0.05, 0) is 24.1 Å². The minimum Gasteiger partial charge on any atom is -0.493 e. The lowest BCUT2D eigenvalue weighted by Crippen LogP contribution is -2.22. The highest BCUT2D eigenvalue weighted by molar-refractivity contribution is 5.85. The molecule has 0 radical (unpaired) electrons. The van der Waals surface area contributed by atoms with Crippen LogP contribution in [-0.2, 0) is 11.2 Å². The molecule has 96 valence electrons. The molecule has 0 aliphatic rings. The molecule has 1 aromatic rings. The summed E-state index contributed by atoms with van der Waals surface area (Å²) in [5.41, 5.74) is 1.10. The van der Waals surface area contributed by atoms with Crippen molar-refractivity contribution in [2.45, 2.75) is 13.3 Å². The minimum atomic E-state index is -0.0134. The Morgan fingerprint density at radius 2 is 1.88 bits per heavy atom. The number of carbonyl (C=O) groups is 1. The van der Waals surface area contributed by atoms with E-state index in [1.165, 1.54) is 6.92 Å². The second-order valence-electron chi connectivity index (χ2n) is 3.42. The third-order valence-electron chi connectivity index (χ3n) is 2.24. The lowest BCUT2D eigenvalue weighted by Gasteiger charge is -2.09. The number of methoxy groups -OCH3 is 2. The van der Waals surface area contributed by atoms with Crippen molar-refractivity contribution in [2.24, 2.45) is 0 Å². The first-order valence-corrected chi connectivity index (χ1v) is 5.12. The number of nitrogens with one attached hydrogen (secondary N) is 1. The zero-order valence-electron chi connectivity index (χ0n) is 10.3. The van der Waals surface area contributed by atoms with E-state index in [0.29, 0.717) is 18.0 Å². The van der Waals surface area contributed by atoms with Gasteiger partial charge < -0.3 is 14.8 Å². The number of halogens is 1. The monoisotopic (exact) mass is 259 g/mol. The zero-order valence-corrected chi connectivity index (χ0v) is 11.1. The molecule has 0 spiro atoms. The second kappa shape index (κ2) is 7.79. The van der Waals surface area contributed by atoms with Gasteiger partial charge in [-0.15, -0.1) is 12.4 Å². The van der Waals surface area contributed by atoms with Crippen LogP contribution in [0.15, 0.2) is 18.2 Å². The van der Waals surface area contributed by atoms with E-state index in [4.69, 9.17) is 9.47 Å². The zero-order chi connectivity index (χ0) is 12.0. The Morgan fingerprint density at radius 1 is 1.24 bits per heavy atom. The molecule has 0 atom stereocenters. The van der Waals surface area contributed by atoms with Crippen LogP contribution in [0.25, 0.3) is 0 Å². The van der Waals surface area contributed by atoms with Crippen LogP contribution in [-0.4, -0.2) is 26.7 Å². The summed E-state index contributed by atoms with van der Waals surface area (Å²) < 4.78 is 10.3. The molecule has 0 aromatic heterocycles. The van der Waals surface area contributed by atoms with E-state index in [-0.39, 0.29) is 18.3 Å². The minimum absolute atomic E-state index is 0. The van der Waals surface area contributed by atoms with Crippen LogP contribution >= 0.6 is 12.4 Å². The number of hydrogen-bond acceptors (Lipinski definition) is 3. The lowest BCUT2D eigenvalue weighted by atomic mass is 10.1. The summed E-state index contributed by atoms with van der Waals surface area (Å²) in [6.07, 6.45) is 0.778. The fourth-order valence-electron chi connectivity index (χ4n) is 1.42. The molecule has 0 saturated heterocycles. The highest BCUT2D eigenvalue weighted by atomic mass is 35.5. The van der Waals surface area contributed by atoms with Crippen LogP contribution in [0.1, 0.15) is 12.5 Å². The fourth-order valence-corrected chi connectivity index (χ4v) is 1.42. The van der Waals surface area contributed by atoms with Gasteiger partial charge in [0, 0.05) is 13.5 Å². The Morgan fingerprint density at radius 3 is 2.41 bits per heavy atom. The van der Waals surface area contributed by atoms with Crippen molar-refractivity contribution >= 4 is 18.3 Å². The molecule has 5 heteroatoms. The van der Waals surface area contributed by atoms with Crippen LogP contribution in [0.4, 0.5) is 0 Å². The van der Waals surface area contributed by atoms with Crippen LogP contribution in [0.5, 0.6) is 11.5 Å². The molecule has 0 saturated carbocycles. The van der Waals surface area contributed by atoms with E-state index in [1.54, 1.807) is 14.2 Å². The van der Waals surface area contributed by atoms with E-state index in [0.717, 1.165) is 12.0 Å². The largest absolute Gasteiger partial charge is 0.493 e. The topological polar surface area (TPSA) is 47.6 Å². The second-order valence-corrected chi connectivity index (χ2v) is 3.42. The van der Waals surface area contributed by atoms with Crippen molar-refractivity contribution in [3.63, 3.8) is 0 Å². The lowest BCUT2D eigenvalue weighted by molar-refractivity contribution is -0.118. The number of rotatable bonds is 5. The van der Waals surface area contributed by atoms with Crippen LogP contribution in [0.3, 0.4) is 0 Å². The molecule has 0 fully saturated rings. The van der Waals surface area contributed by atoms with E-state index < -0.39 is 0 Å². The van der Waals surface area contributed by atoms with Gasteiger partial charge in [0.15, 0.2) is 11.5 Å². The first-order chi connectivity index (χ1) is 7.67. The molecular weight excluding hydrogens is 242 g/mol.